The molecule has 1 amide bonds. The molecule has 1 heterocycles. The molecule has 0 radical (unpaired) electrons. The molecule has 46 heavy (non-hydrogen) atoms. The topological polar surface area (TPSA) is 112 Å². The molecule has 9 heteroatoms. The first-order valence-electron chi connectivity index (χ1n) is 14.8. The number of amides is 1. The van der Waals surface area contributed by atoms with Gasteiger partial charge in [-0.2, -0.15) is 0 Å². The van der Waals surface area contributed by atoms with Gasteiger partial charge in [0.2, 0.25) is 0 Å². The van der Waals surface area contributed by atoms with E-state index in [0.29, 0.717) is 39.7 Å². The molecule has 0 aliphatic carbocycles. The number of likely N-dealkylation sites (tertiary alicyclic amines) is 1. The zero-order valence-electron chi connectivity index (χ0n) is 26.6. The molecule has 1 saturated heterocycles. The standard InChI is InChI=1S/C37H37NO8/c1-22-7-9-24(10-8-22)33-31(34(39)25-13-18-28(44-4)19-14-25)32(23-11-16-27(43-3)17-12-23)37(2,36(41)42)38(33)35(40)26-15-20-29(45-5)30(21-26)46-6/h7-21,31-33H,1-6H3,(H,41,42). The van der Waals surface area contributed by atoms with Crippen molar-refractivity contribution >= 4 is 17.7 Å². The van der Waals surface area contributed by atoms with Crippen LogP contribution < -0.4 is 18.9 Å². The van der Waals surface area contributed by atoms with Crippen LogP contribution in [0.5, 0.6) is 23.0 Å². The van der Waals surface area contributed by atoms with Crippen LogP contribution in [0, 0.1) is 12.8 Å². The van der Waals surface area contributed by atoms with Crippen LogP contribution in [0.1, 0.15) is 56.3 Å². The molecule has 0 saturated carbocycles. The van der Waals surface area contributed by atoms with Gasteiger partial charge in [-0.15, -0.1) is 0 Å². The molecule has 1 fully saturated rings. The van der Waals surface area contributed by atoms with Crippen LogP contribution in [0.15, 0.2) is 91.0 Å². The van der Waals surface area contributed by atoms with Crippen LogP contribution in [-0.4, -0.2) is 61.6 Å². The number of carboxylic acid groups (broad SMARTS) is 1. The molecule has 5 rings (SSSR count). The number of aliphatic carboxylic acids is 1. The summed E-state index contributed by atoms with van der Waals surface area (Å²) in [7, 11) is 6.03. The number of carbonyl (C=O) groups excluding carboxylic acids is 2. The van der Waals surface area contributed by atoms with Gasteiger partial charge in [-0.1, -0.05) is 42.0 Å². The largest absolute Gasteiger partial charge is 0.497 e. The third-order valence-electron chi connectivity index (χ3n) is 8.94. The van der Waals surface area contributed by atoms with Gasteiger partial charge in [0.15, 0.2) is 17.3 Å². The molecule has 1 aliphatic heterocycles. The Bertz CT molecular complexity index is 1730. The third-order valence-corrected chi connectivity index (χ3v) is 8.94. The zero-order chi connectivity index (χ0) is 33.2. The van der Waals surface area contributed by atoms with E-state index in [1.165, 1.54) is 39.2 Å². The number of hydrogen-bond acceptors (Lipinski definition) is 7. The van der Waals surface area contributed by atoms with Gasteiger partial charge >= 0.3 is 5.97 Å². The van der Waals surface area contributed by atoms with Gasteiger partial charge < -0.3 is 29.0 Å². The molecule has 9 nitrogen and oxygen atoms in total. The number of carbonyl (C=O) groups is 3. The number of Topliss-reactive ketones (excluding diaryl/α,β-unsaturated/α-hetero) is 1. The maximum Gasteiger partial charge on any atom is 0.330 e. The maximum absolute atomic E-state index is 14.8. The number of carboxylic acids is 1. The highest BCUT2D eigenvalue weighted by Crippen LogP contribution is 2.57. The van der Waals surface area contributed by atoms with Crippen LogP contribution in [0.3, 0.4) is 0 Å². The molecule has 4 unspecified atom stereocenters. The van der Waals surface area contributed by atoms with E-state index in [0.717, 1.165) is 5.56 Å². The van der Waals surface area contributed by atoms with Crippen LogP contribution in [0.2, 0.25) is 0 Å². The summed E-state index contributed by atoms with van der Waals surface area (Å²) in [4.78, 5) is 44.5. The summed E-state index contributed by atoms with van der Waals surface area (Å²) in [5.41, 5.74) is 0.876. The molecule has 0 spiro atoms. The molecule has 4 atom stereocenters. The second-order valence-electron chi connectivity index (χ2n) is 11.4. The number of rotatable bonds is 10. The van der Waals surface area contributed by atoms with Crippen molar-refractivity contribution < 1.29 is 38.4 Å². The molecule has 4 aromatic rings. The van der Waals surface area contributed by atoms with E-state index in [4.69, 9.17) is 18.9 Å². The Morgan fingerprint density at radius 1 is 0.674 bits per heavy atom. The van der Waals surface area contributed by atoms with Crippen molar-refractivity contribution in [1.29, 1.82) is 0 Å². The van der Waals surface area contributed by atoms with Crippen LogP contribution in [0.25, 0.3) is 0 Å². The maximum atomic E-state index is 14.8. The summed E-state index contributed by atoms with van der Waals surface area (Å²) in [6.07, 6.45) is 0. The third kappa shape index (κ3) is 5.53. The Balaban J connectivity index is 1.80. The summed E-state index contributed by atoms with van der Waals surface area (Å²) in [5.74, 6) is -2.19. The zero-order valence-corrected chi connectivity index (χ0v) is 26.6. The smallest absolute Gasteiger partial charge is 0.330 e. The van der Waals surface area contributed by atoms with Crippen molar-refractivity contribution in [3.63, 3.8) is 0 Å². The van der Waals surface area contributed by atoms with Crippen LogP contribution >= 0.6 is 0 Å². The SMILES string of the molecule is COc1ccc(C(=O)C2C(c3ccc(C)cc3)N(C(=O)c3ccc(OC)c(OC)c3)C(C)(C(=O)O)C2c2ccc(OC)cc2)cc1. The van der Waals surface area contributed by atoms with Gasteiger partial charge in [0, 0.05) is 17.0 Å². The lowest BCUT2D eigenvalue weighted by Crippen LogP contribution is -2.54. The Hall–Kier alpha value is -5.31. The number of ketones is 1. The van der Waals surface area contributed by atoms with Crippen LogP contribution in [-0.2, 0) is 4.79 Å². The van der Waals surface area contributed by atoms with Gasteiger partial charge in [0.1, 0.15) is 17.0 Å². The van der Waals surface area contributed by atoms with Gasteiger partial charge in [0.25, 0.3) is 5.91 Å². The first-order chi connectivity index (χ1) is 22.1. The highest BCUT2D eigenvalue weighted by Gasteiger charge is 2.65. The van der Waals surface area contributed by atoms with E-state index in [9.17, 15) is 19.5 Å². The van der Waals surface area contributed by atoms with Crippen molar-refractivity contribution in [3.05, 3.63) is 119 Å². The molecular formula is C37H37NO8. The van der Waals surface area contributed by atoms with Crippen molar-refractivity contribution in [1.82, 2.24) is 4.90 Å². The predicted octanol–water partition coefficient (Wildman–Crippen LogP) is 6.35. The second kappa shape index (κ2) is 13.0. The van der Waals surface area contributed by atoms with E-state index in [2.05, 4.69) is 0 Å². The minimum Gasteiger partial charge on any atom is -0.497 e. The summed E-state index contributed by atoms with van der Waals surface area (Å²) < 4.78 is 21.5. The lowest BCUT2D eigenvalue weighted by Gasteiger charge is -2.38. The van der Waals surface area contributed by atoms with Crippen molar-refractivity contribution in [2.45, 2.75) is 31.3 Å². The lowest BCUT2D eigenvalue weighted by atomic mass is 9.71. The highest BCUT2D eigenvalue weighted by atomic mass is 16.5. The fourth-order valence-electron chi connectivity index (χ4n) is 6.52. The quantitative estimate of drug-likeness (QED) is 0.204. The molecule has 1 aliphatic rings. The van der Waals surface area contributed by atoms with E-state index in [1.807, 2.05) is 31.2 Å². The predicted molar refractivity (Wildman–Crippen MR) is 172 cm³/mol. The average Bonchev–Trinajstić information content (AvgIpc) is 3.37. The molecule has 1 N–H and O–H groups in total. The number of hydrogen-bond donors (Lipinski definition) is 1. The molecule has 0 bridgehead atoms. The number of nitrogens with zero attached hydrogens (tertiary/aromatic N) is 1. The van der Waals surface area contributed by atoms with E-state index >= 15 is 0 Å². The minimum absolute atomic E-state index is 0.188. The fourth-order valence-corrected chi connectivity index (χ4v) is 6.52. The monoisotopic (exact) mass is 623 g/mol. The van der Waals surface area contributed by atoms with Gasteiger partial charge in [-0.25, -0.2) is 4.79 Å². The van der Waals surface area contributed by atoms with Crippen molar-refractivity contribution in [2.75, 3.05) is 28.4 Å². The summed E-state index contributed by atoms with van der Waals surface area (Å²) in [6, 6.07) is 24.9. The first-order valence-corrected chi connectivity index (χ1v) is 14.8. The van der Waals surface area contributed by atoms with Crippen molar-refractivity contribution in [2.24, 2.45) is 5.92 Å². The molecule has 238 valence electrons. The number of methoxy groups -OCH3 is 4. The second-order valence-corrected chi connectivity index (χ2v) is 11.4. The van der Waals surface area contributed by atoms with E-state index in [-0.39, 0.29) is 11.3 Å². The number of ether oxygens (including phenoxy) is 4. The van der Waals surface area contributed by atoms with E-state index in [1.54, 1.807) is 67.8 Å². The van der Waals surface area contributed by atoms with Gasteiger partial charge in [-0.3, -0.25) is 9.59 Å². The normalized spacial score (nSPS) is 20.6. The Morgan fingerprint density at radius 2 is 1.20 bits per heavy atom. The average molecular weight is 624 g/mol. The lowest BCUT2D eigenvalue weighted by molar-refractivity contribution is -0.148. The molecular weight excluding hydrogens is 586 g/mol. The van der Waals surface area contributed by atoms with Gasteiger partial charge in [0.05, 0.1) is 40.4 Å². The summed E-state index contributed by atoms with van der Waals surface area (Å²) in [6.45, 7) is 3.46. The molecule has 4 aromatic carbocycles. The number of benzene rings is 4. The highest BCUT2D eigenvalue weighted by molar-refractivity contribution is 6.04. The Kier molecular flexibility index (Phi) is 9.05. The van der Waals surface area contributed by atoms with E-state index < -0.39 is 35.3 Å². The number of aryl methyl sites for hydroxylation is 1. The minimum atomic E-state index is -1.87. The fraction of sp³-hybridized carbons (Fsp3) is 0.270. The first kappa shape index (κ1) is 32.1. The summed E-state index contributed by atoms with van der Waals surface area (Å²) >= 11 is 0. The van der Waals surface area contributed by atoms with Crippen LogP contribution in [0.4, 0.5) is 0 Å². The van der Waals surface area contributed by atoms with Crippen molar-refractivity contribution in [3.8, 4) is 23.0 Å². The Morgan fingerprint density at radius 3 is 1.72 bits per heavy atom. The summed E-state index contributed by atoms with van der Waals surface area (Å²) in [5, 5.41) is 11.1. The van der Waals surface area contributed by atoms with Gasteiger partial charge in [-0.05, 0) is 79.6 Å². The molecule has 0 aromatic heterocycles. The Labute approximate surface area is 268 Å².